The minimum atomic E-state index is -0.976. The van der Waals surface area contributed by atoms with Crippen LogP contribution < -0.4 is 5.32 Å². The SMILES string of the molecule is CCC(C)C(NC(=O)CCCc1ccc(Cl)cc1)C(=O)O. The molecule has 116 valence electrons. The highest BCUT2D eigenvalue weighted by Crippen LogP contribution is 2.12. The molecule has 2 atom stereocenters. The lowest BCUT2D eigenvalue weighted by atomic mass is 9.99. The molecule has 0 saturated carbocycles. The number of hydrogen-bond donors (Lipinski definition) is 2. The molecule has 21 heavy (non-hydrogen) atoms. The lowest BCUT2D eigenvalue weighted by molar-refractivity contribution is -0.143. The van der Waals surface area contributed by atoms with E-state index >= 15 is 0 Å². The first-order valence-electron chi connectivity index (χ1n) is 7.20. The monoisotopic (exact) mass is 311 g/mol. The van der Waals surface area contributed by atoms with Gasteiger partial charge in [-0.25, -0.2) is 4.79 Å². The molecular formula is C16H22ClNO3. The molecule has 0 bridgehead atoms. The average molecular weight is 312 g/mol. The largest absolute Gasteiger partial charge is 0.480 e. The maximum absolute atomic E-state index is 11.8. The van der Waals surface area contributed by atoms with Gasteiger partial charge < -0.3 is 10.4 Å². The summed E-state index contributed by atoms with van der Waals surface area (Å²) in [5, 5.41) is 12.4. The number of aliphatic carboxylic acids is 1. The fourth-order valence-corrected chi connectivity index (χ4v) is 2.16. The fraction of sp³-hybridized carbons (Fsp3) is 0.500. The van der Waals surface area contributed by atoms with Gasteiger partial charge in [0.05, 0.1) is 0 Å². The normalized spacial score (nSPS) is 13.5. The smallest absolute Gasteiger partial charge is 0.326 e. The molecule has 0 aliphatic heterocycles. The van der Waals surface area contributed by atoms with Gasteiger partial charge in [-0.2, -0.15) is 0 Å². The van der Waals surface area contributed by atoms with E-state index < -0.39 is 12.0 Å². The quantitative estimate of drug-likeness (QED) is 0.774. The summed E-state index contributed by atoms with van der Waals surface area (Å²) in [5.41, 5.74) is 1.11. The predicted octanol–water partition coefficient (Wildman–Crippen LogP) is 3.28. The van der Waals surface area contributed by atoms with E-state index in [0.29, 0.717) is 24.3 Å². The second kappa shape index (κ2) is 8.67. The summed E-state index contributed by atoms with van der Waals surface area (Å²) in [7, 11) is 0. The Morgan fingerprint density at radius 2 is 1.90 bits per heavy atom. The molecule has 1 aromatic carbocycles. The average Bonchev–Trinajstić information content (AvgIpc) is 2.45. The number of aryl methyl sites for hydroxylation is 1. The van der Waals surface area contributed by atoms with E-state index in [0.717, 1.165) is 12.0 Å². The summed E-state index contributed by atoms with van der Waals surface area (Å²) < 4.78 is 0. The molecule has 0 saturated heterocycles. The Labute approximate surface area is 130 Å². The van der Waals surface area contributed by atoms with Gasteiger partial charge in [0.25, 0.3) is 0 Å². The first-order valence-corrected chi connectivity index (χ1v) is 7.58. The molecule has 2 unspecified atom stereocenters. The maximum atomic E-state index is 11.8. The van der Waals surface area contributed by atoms with Gasteiger partial charge in [0.2, 0.25) is 5.91 Å². The number of nitrogens with one attached hydrogen (secondary N) is 1. The molecule has 0 spiro atoms. The van der Waals surface area contributed by atoms with Gasteiger partial charge in [0.15, 0.2) is 0 Å². The molecule has 0 radical (unpaired) electrons. The third-order valence-corrected chi connectivity index (χ3v) is 3.83. The van der Waals surface area contributed by atoms with Gasteiger partial charge in [0, 0.05) is 11.4 Å². The highest BCUT2D eigenvalue weighted by atomic mass is 35.5. The van der Waals surface area contributed by atoms with Crippen molar-refractivity contribution in [2.24, 2.45) is 5.92 Å². The van der Waals surface area contributed by atoms with Crippen LogP contribution >= 0.6 is 11.6 Å². The van der Waals surface area contributed by atoms with Gasteiger partial charge in [0.1, 0.15) is 6.04 Å². The van der Waals surface area contributed by atoms with Crippen LogP contribution in [0.15, 0.2) is 24.3 Å². The standard InChI is InChI=1S/C16H22ClNO3/c1-3-11(2)15(16(20)21)18-14(19)6-4-5-12-7-9-13(17)10-8-12/h7-11,15H,3-6H2,1-2H3,(H,18,19)(H,20,21). The molecule has 1 aromatic rings. The van der Waals surface area contributed by atoms with E-state index in [9.17, 15) is 9.59 Å². The lowest BCUT2D eigenvalue weighted by Crippen LogP contribution is -2.44. The highest BCUT2D eigenvalue weighted by molar-refractivity contribution is 6.30. The van der Waals surface area contributed by atoms with E-state index in [1.54, 1.807) is 0 Å². The van der Waals surface area contributed by atoms with E-state index in [1.165, 1.54) is 0 Å². The van der Waals surface area contributed by atoms with E-state index in [2.05, 4.69) is 5.32 Å². The zero-order valence-corrected chi connectivity index (χ0v) is 13.2. The van der Waals surface area contributed by atoms with E-state index in [-0.39, 0.29) is 11.8 Å². The van der Waals surface area contributed by atoms with E-state index in [1.807, 2.05) is 38.1 Å². The first kappa shape index (κ1) is 17.5. The number of carbonyl (C=O) groups excluding carboxylic acids is 1. The summed E-state index contributed by atoms with van der Waals surface area (Å²) >= 11 is 5.81. The lowest BCUT2D eigenvalue weighted by Gasteiger charge is -2.20. The predicted molar refractivity (Wildman–Crippen MR) is 83.4 cm³/mol. The Morgan fingerprint density at radius 3 is 2.43 bits per heavy atom. The van der Waals surface area contributed by atoms with Crippen molar-refractivity contribution in [3.8, 4) is 0 Å². The Kier molecular flexibility index (Phi) is 7.23. The molecule has 0 fully saturated rings. The summed E-state index contributed by atoms with van der Waals surface area (Å²) in [5.74, 6) is -1.27. The van der Waals surface area contributed by atoms with Crippen molar-refractivity contribution in [3.05, 3.63) is 34.9 Å². The van der Waals surface area contributed by atoms with Crippen LogP contribution in [0.25, 0.3) is 0 Å². The topological polar surface area (TPSA) is 66.4 Å². The second-order valence-electron chi connectivity index (χ2n) is 5.25. The van der Waals surface area contributed by atoms with Crippen molar-refractivity contribution in [2.75, 3.05) is 0 Å². The summed E-state index contributed by atoms with van der Waals surface area (Å²) in [6.07, 6.45) is 2.48. The van der Waals surface area contributed by atoms with Crippen molar-refractivity contribution in [1.82, 2.24) is 5.32 Å². The van der Waals surface area contributed by atoms with Crippen LogP contribution in [-0.2, 0) is 16.0 Å². The van der Waals surface area contributed by atoms with Crippen LogP contribution in [0.3, 0.4) is 0 Å². The van der Waals surface area contributed by atoms with Gasteiger partial charge in [-0.15, -0.1) is 0 Å². The summed E-state index contributed by atoms with van der Waals surface area (Å²) in [6, 6.07) is 6.69. The van der Waals surface area contributed by atoms with Crippen LogP contribution in [0.1, 0.15) is 38.7 Å². The highest BCUT2D eigenvalue weighted by Gasteiger charge is 2.24. The molecule has 5 heteroatoms. The van der Waals surface area contributed by atoms with E-state index in [4.69, 9.17) is 16.7 Å². The van der Waals surface area contributed by atoms with Gasteiger partial charge in [-0.3, -0.25) is 4.79 Å². The number of carbonyl (C=O) groups is 2. The number of hydrogen-bond acceptors (Lipinski definition) is 2. The third kappa shape index (κ3) is 6.17. The minimum absolute atomic E-state index is 0.0808. The summed E-state index contributed by atoms with van der Waals surface area (Å²) in [4.78, 5) is 23.0. The molecule has 4 nitrogen and oxygen atoms in total. The number of halogens is 1. The Balaban J connectivity index is 2.39. The van der Waals surface area contributed by atoms with Crippen LogP contribution in [0.2, 0.25) is 5.02 Å². The van der Waals surface area contributed by atoms with Gasteiger partial charge in [-0.1, -0.05) is 44.0 Å². The van der Waals surface area contributed by atoms with Gasteiger partial charge >= 0.3 is 5.97 Å². The molecule has 0 aromatic heterocycles. The van der Waals surface area contributed by atoms with Crippen molar-refractivity contribution < 1.29 is 14.7 Å². The third-order valence-electron chi connectivity index (χ3n) is 3.58. The molecule has 0 aliphatic carbocycles. The zero-order valence-electron chi connectivity index (χ0n) is 12.4. The Bertz CT molecular complexity index is 473. The molecule has 1 amide bonds. The number of benzene rings is 1. The number of carboxylic acid groups (broad SMARTS) is 1. The molecule has 2 N–H and O–H groups in total. The fourth-order valence-electron chi connectivity index (χ4n) is 2.03. The molecule has 0 heterocycles. The van der Waals surface area contributed by atoms with Crippen molar-refractivity contribution >= 4 is 23.5 Å². The maximum Gasteiger partial charge on any atom is 0.326 e. The van der Waals surface area contributed by atoms with Crippen LogP contribution in [0.4, 0.5) is 0 Å². The van der Waals surface area contributed by atoms with Crippen molar-refractivity contribution in [2.45, 2.75) is 45.6 Å². The molecule has 1 rings (SSSR count). The van der Waals surface area contributed by atoms with Crippen LogP contribution in [-0.4, -0.2) is 23.0 Å². The second-order valence-corrected chi connectivity index (χ2v) is 5.69. The van der Waals surface area contributed by atoms with Crippen molar-refractivity contribution in [1.29, 1.82) is 0 Å². The van der Waals surface area contributed by atoms with Crippen molar-refractivity contribution in [3.63, 3.8) is 0 Å². The Hall–Kier alpha value is -1.55. The molecule has 0 aliphatic rings. The number of amides is 1. The zero-order chi connectivity index (χ0) is 15.8. The van der Waals surface area contributed by atoms with Crippen LogP contribution in [0.5, 0.6) is 0 Å². The number of rotatable bonds is 8. The summed E-state index contributed by atoms with van der Waals surface area (Å²) in [6.45, 7) is 3.74. The number of carboxylic acids is 1. The Morgan fingerprint density at radius 1 is 1.29 bits per heavy atom. The van der Waals surface area contributed by atoms with Crippen LogP contribution in [0, 0.1) is 5.92 Å². The van der Waals surface area contributed by atoms with Gasteiger partial charge in [-0.05, 0) is 36.5 Å². The minimum Gasteiger partial charge on any atom is -0.480 e. The first-order chi connectivity index (χ1) is 9.93. The molecular weight excluding hydrogens is 290 g/mol.